The van der Waals surface area contributed by atoms with Gasteiger partial charge in [-0.25, -0.2) is 4.39 Å². The molecule has 0 saturated heterocycles. The number of hydrogen-bond donors (Lipinski definition) is 0. The smallest absolute Gasteiger partial charge is 0.123 e. The lowest BCUT2D eigenvalue weighted by atomic mass is 9.67. The van der Waals surface area contributed by atoms with Gasteiger partial charge in [0.25, 0.3) is 0 Å². The number of fused-ring (bicyclic) bond motifs is 9. The molecule has 0 unspecified atom stereocenters. The maximum absolute atomic E-state index is 14.3. The molecule has 2 aliphatic carbocycles. The first-order valence-electron chi connectivity index (χ1n) is 24.9. The van der Waals surface area contributed by atoms with Crippen LogP contribution in [0.3, 0.4) is 0 Å². The lowest BCUT2D eigenvalue weighted by Crippen LogP contribution is -2.28. The maximum Gasteiger partial charge on any atom is 0.123 e. The van der Waals surface area contributed by atoms with E-state index in [0.717, 1.165) is 22.7 Å². The van der Waals surface area contributed by atoms with Crippen molar-refractivity contribution in [3.8, 4) is 39.1 Å². The highest BCUT2D eigenvalue weighted by Crippen LogP contribution is 2.57. The van der Waals surface area contributed by atoms with E-state index in [1.54, 1.807) is 12.1 Å². The van der Waals surface area contributed by atoms with E-state index in [1.807, 2.05) is 12.1 Å². The summed E-state index contributed by atoms with van der Waals surface area (Å²) in [5.74, 6) is -0.247. The molecule has 1 aromatic heterocycles. The van der Waals surface area contributed by atoms with E-state index < -0.39 is 5.41 Å². The number of aromatic nitrogens is 1. The molecule has 10 aromatic carbocycles. The molecule has 0 amide bonds. The zero-order valence-corrected chi connectivity index (χ0v) is 40.7. The van der Waals surface area contributed by atoms with Gasteiger partial charge in [0.05, 0.1) is 16.4 Å². The van der Waals surface area contributed by atoms with Crippen molar-refractivity contribution < 1.29 is 4.39 Å². The summed E-state index contributed by atoms with van der Waals surface area (Å²) in [5.41, 5.74) is 22.2. The first-order chi connectivity index (χ1) is 34.5. The first-order valence-corrected chi connectivity index (χ1v) is 24.9. The van der Waals surface area contributed by atoms with Crippen molar-refractivity contribution in [1.82, 2.24) is 4.57 Å². The molecule has 0 radical (unpaired) electrons. The van der Waals surface area contributed by atoms with Crippen molar-refractivity contribution >= 4 is 38.9 Å². The van der Waals surface area contributed by atoms with Crippen LogP contribution >= 0.6 is 0 Å². The van der Waals surface area contributed by atoms with Crippen molar-refractivity contribution in [2.75, 3.05) is 4.90 Å². The molecule has 13 rings (SSSR count). The fraction of sp³-hybridized carbons (Fsp3) is 0.118. The van der Waals surface area contributed by atoms with Crippen LogP contribution < -0.4 is 4.90 Å². The number of nitrogens with zero attached hydrogens (tertiary/aromatic N) is 2. The highest BCUT2D eigenvalue weighted by Gasteiger charge is 2.46. The number of rotatable bonds is 7. The molecule has 11 aromatic rings. The number of para-hydroxylation sites is 1. The van der Waals surface area contributed by atoms with Gasteiger partial charge < -0.3 is 9.47 Å². The molecule has 2 nitrogen and oxygen atoms in total. The Morgan fingerprint density at radius 3 is 1.63 bits per heavy atom. The summed E-state index contributed by atoms with van der Waals surface area (Å²) in [5, 5.41) is 2.45. The number of hydrogen-bond acceptors (Lipinski definition) is 1. The summed E-state index contributed by atoms with van der Waals surface area (Å²) in [7, 11) is 0. The van der Waals surface area contributed by atoms with Crippen molar-refractivity contribution in [1.29, 1.82) is 0 Å². The van der Waals surface area contributed by atoms with Crippen LogP contribution in [0.15, 0.2) is 231 Å². The van der Waals surface area contributed by atoms with Gasteiger partial charge >= 0.3 is 0 Å². The van der Waals surface area contributed by atoms with Gasteiger partial charge in [0, 0.05) is 38.9 Å². The molecule has 71 heavy (non-hydrogen) atoms. The van der Waals surface area contributed by atoms with E-state index in [2.05, 4.69) is 250 Å². The van der Waals surface area contributed by atoms with Crippen LogP contribution in [0.5, 0.6) is 0 Å². The zero-order valence-electron chi connectivity index (χ0n) is 40.7. The summed E-state index contributed by atoms with van der Waals surface area (Å²) in [6.45, 7) is 11.4. The van der Waals surface area contributed by atoms with Crippen molar-refractivity contribution in [3.63, 3.8) is 0 Å². The van der Waals surface area contributed by atoms with Gasteiger partial charge in [0.15, 0.2) is 0 Å². The Bertz CT molecular complexity index is 3830. The normalized spacial score (nSPS) is 14.0. The average Bonchev–Trinajstić information content (AvgIpc) is 3.97. The zero-order chi connectivity index (χ0) is 48.2. The monoisotopic (exact) mass is 916 g/mol. The van der Waals surface area contributed by atoms with E-state index in [4.69, 9.17) is 0 Å². The van der Waals surface area contributed by atoms with Gasteiger partial charge in [-0.2, -0.15) is 0 Å². The van der Waals surface area contributed by atoms with Crippen LogP contribution in [-0.2, 0) is 16.2 Å². The number of halogens is 1. The van der Waals surface area contributed by atoms with E-state index in [9.17, 15) is 4.39 Å². The molecule has 342 valence electrons. The molecule has 0 atom stereocenters. The van der Waals surface area contributed by atoms with E-state index in [1.165, 1.54) is 94.1 Å². The highest BCUT2D eigenvalue weighted by molar-refractivity contribution is 6.10. The predicted octanol–water partition coefficient (Wildman–Crippen LogP) is 18.0. The van der Waals surface area contributed by atoms with Crippen LogP contribution in [0.25, 0.3) is 60.9 Å². The van der Waals surface area contributed by atoms with Crippen molar-refractivity contribution in [2.45, 2.75) is 50.9 Å². The van der Waals surface area contributed by atoms with Crippen LogP contribution in [0, 0.1) is 5.82 Å². The first kappa shape index (κ1) is 42.8. The summed E-state index contributed by atoms with van der Waals surface area (Å²) < 4.78 is 16.8. The molecule has 2 aliphatic rings. The van der Waals surface area contributed by atoms with Crippen molar-refractivity contribution in [2.24, 2.45) is 0 Å². The standard InChI is InChI=1S/C68H53FN2/c1-66(2,3)46-26-30-50(31-27-46)70(51-32-28-49(69)29-33-51)52-34-37-56-55-36-24-45(41-61(55)67(4,5)62(56)42-52)44-25-39-65-59(40-44)58-21-13-15-23-64(58)71(65)53-35-38-57-54-20-12-14-22-60(54)68(63(57)43-53,47-16-8-6-9-17-47)48-18-10-7-11-19-48/h6-43H,1-5H3. The second-order valence-corrected chi connectivity index (χ2v) is 21.1. The van der Waals surface area contributed by atoms with E-state index in [-0.39, 0.29) is 16.6 Å². The van der Waals surface area contributed by atoms with Gasteiger partial charge in [-0.05, 0) is 163 Å². The Labute approximate surface area is 416 Å². The number of anilines is 3. The van der Waals surface area contributed by atoms with Crippen LogP contribution in [-0.4, -0.2) is 4.57 Å². The quantitative estimate of drug-likeness (QED) is 0.155. The molecular weight excluding hydrogens is 864 g/mol. The summed E-state index contributed by atoms with van der Waals surface area (Å²) in [6.07, 6.45) is 0. The van der Waals surface area contributed by atoms with Gasteiger partial charge in [-0.15, -0.1) is 0 Å². The minimum absolute atomic E-state index is 0.0309. The lowest BCUT2D eigenvalue weighted by molar-refractivity contribution is 0.590. The molecule has 0 aliphatic heterocycles. The minimum atomic E-state index is -0.487. The Kier molecular flexibility index (Phi) is 9.57. The summed E-state index contributed by atoms with van der Waals surface area (Å²) in [6, 6.07) is 83.6. The second kappa shape index (κ2) is 15.9. The van der Waals surface area contributed by atoms with Gasteiger partial charge in [0.1, 0.15) is 5.82 Å². The van der Waals surface area contributed by atoms with Crippen LogP contribution in [0.4, 0.5) is 21.5 Å². The molecule has 0 N–H and O–H groups in total. The average molecular weight is 917 g/mol. The summed E-state index contributed by atoms with van der Waals surface area (Å²) in [4.78, 5) is 2.24. The fourth-order valence-electron chi connectivity index (χ4n) is 12.2. The highest BCUT2D eigenvalue weighted by atomic mass is 19.1. The van der Waals surface area contributed by atoms with Gasteiger partial charge in [-0.1, -0.05) is 180 Å². The number of benzene rings is 10. The topological polar surface area (TPSA) is 8.17 Å². The second-order valence-electron chi connectivity index (χ2n) is 21.1. The third-order valence-electron chi connectivity index (χ3n) is 15.7. The minimum Gasteiger partial charge on any atom is -0.310 e. The van der Waals surface area contributed by atoms with Crippen molar-refractivity contribution in [3.05, 3.63) is 275 Å². The molecule has 0 saturated carbocycles. The Morgan fingerprint density at radius 1 is 0.408 bits per heavy atom. The van der Waals surface area contributed by atoms with Crippen LogP contribution in [0.2, 0.25) is 0 Å². The van der Waals surface area contributed by atoms with E-state index in [0.29, 0.717) is 0 Å². The Balaban J connectivity index is 0.906. The third-order valence-corrected chi connectivity index (χ3v) is 15.7. The SMILES string of the molecule is CC(C)(C)c1ccc(N(c2ccc(F)cc2)c2ccc3c(c2)C(C)(C)c2cc(-c4ccc5c(c4)c4ccccc4n5-c4ccc5c(c4)C(c4ccccc4)(c4ccccc4)c4ccccc4-5)ccc2-3)cc1. The van der Waals surface area contributed by atoms with E-state index >= 15 is 0 Å². The summed E-state index contributed by atoms with van der Waals surface area (Å²) >= 11 is 0. The molecule has 0 bridgehead atoms. The molecular formula is C68H53FN2. The Morgan fingerprint density at radius 2 is 0.930 bits per heavy atom. The maximum atomic E-state index is 14.3. The van der Waals surface area contributed by atoms with Gasteiger partial charge in [-0.3, -0.25) is 0 Å². The Hall–Kier alpha value is -8.27. The van der Waals surface area contributed by atoms with Gasteiger partial charge in [0.2, 0.25) is 0 Å². The molecule has 1 heterocycles. The fourth-order valence-corrected chi connectivity index (χ4v) is 12.2. The molecule has 0 spiro atoms. The lowest BCUT2D eigenvalue weighted by Gasteiger charge is -2.34. The predicted molar refractivity (Wildman–Crippen MR) is 294 cm³/mol. The van der Waals surface area contributed by atoms with Crippen LogP contribution in [0.1, 0.15) is 73.6 Å². The third kappa shape index (κ3) is 6.52. The largest absolute Gasteiger partial charge is 0.310 e. The molecule has 3 heteroatoms. The molecule has 0 fully saturated rings.